The summed E-state index contributed by atoms with van der Waals surface area (Å²) in [7, 11) is 1.37. The molecule has 0 bridgehead atoms. The lowest BCUT2D eigenvalue weighted by atomic mass is 9.96. The molecule has 2 aliphatic rings. The Morgan fingerprint density at radius 2 is 1.67 bits per heavy atom. The van der Waals surface area contributed by atoms with E-state index in [1.165, 1.54) is 18.9 Å². The minimum atomic E-state index is -5.13. The van der Waals surface area contributed by atoms with Crippen LogP contribution < -0.4 is 9.64 Å². The minimum Gasteiger partial charge on any atom is -0.496 e. The Morgan fingerprint density at radius 3 is 2.21 bits per heavy atom. The van der Waals surface area contributed by atoms with Gasteiger partial charge in [0.2, 0.25) is 5.95 Å². The van der Waals surface area contributed by atoms with E-state index in [1.807, 2.05) is 0 Å². The highest BCUT2D eigenvalue weighted by Gasteiger charge is 2.46. The average molecular weight is 689 g/mol. The maximum absolute atomic E-state index is 13.8. The third-order valence-electron chi connectivity index (χ3n) is 8.09. The summed E-state index contributed by atoms with van der Waals surface area (Å²) in [6.07, 6.45) is -12.9. The van der Waals surface area contributed by atoms with Crippen LogP contribution in [0.15, 0.2) is 36.4 Å². The number of halogens is 8. The number of nitrogens with zero attached hydrogens (tertiary/aromatic N) is 4. The molecule has 2 atom stereocenters. The molecule has 1 amide bonds. The summed E-state index contributed by atoms with van der Waals surface area (Å²) in [5, 5.41) is 9.16. The van der Waals surface area contributed by atoms with Crippen molar-refractivity contribution in [3.8, 4) is 16.9 Å². The number of rotatable bonds is 9. The number of carbonyl (C=O) groups excluding carboxylic acids is 1. The predicted molar refractivity (Wildman–Crippen MR) is 153 cm³/mol. The molecule has 2 fully saturated rings. The molecule has 5 rings (SSSR count). The molecule has 258 valence electrons. The molecule has 17 heteroatoms. The van der Waals surface area contributed by atoms with Crippen LogP contribution in [0.5, 0.6) is 5.75 Å². The zero-order chi connectivity index (χ0) is 35.3. The fraction of sp³-hybridized carbons (Fsp3) is 0.419. The number of carboxylic acids is 1. The number of carboxylic acid groups (broad SMARTS) is 1. The van der Waals surface area contributed by atoms with Crippen molar-refractivity contribution in [2.75, 3.05) is 25.1 Å². The smallest absolute Gasteiger partial charge is 0.416 e. The molecule has 1 unspecified atom stereocenters. The number of hydrogen-bond donors (Lipinski definition) is 1. The molecule has 2 aliphatic heterocycles. The highest BCUT2D eigenvalue weighted by atomic mass is 19.4. The second-order valence-corrected chi connectivity index (χ2v) is 11.6. The third kappa shape index (κ3) is 7.08. The summed E-state index contributed by atoms with van der Waals surface area (Å²) in [4.78, 5) is 35.5. The molecule has 1 aromatic heterocycles. The van der Waals surface area contributed by atoms with E-state index in [2.05, 4.69) is 9.97 Å². The van der Waals surface area contributed by atoms with E-state index >= 15 is 0 Å². The second-order valence-electron chi connectivity index (χ2n) is 11.6. The van der Waals surface area contributed by atoms with Crippen molar-refractivity contribution in [3.63, 3.8) is 0 Å². The number of aliphatic carboxylic acids is 1. The van der Waals surface area contributed by atoms with Crippen molar-refractivity contribution >= 4 is 18.0 Å². The summed E-state index contributed by atoms with van der Waals surface area (Å²) in [6, 6.07) is 4.68. The van der Waals surface area contributed by atoms with E-state index in [0.29, 0.717) is 34.6 Å². The maximum atomic E-state index is 13.8. The lowest BCUT2D eigenvalue weighted by Crippen LogP contribution is -2.57. The number of amides is 1. The van der Waals surface area contributed by atoms with Crippen LogP contribution in [0.3, 0.4) is 0 Å². The minimum absolute atomic E-state index is 0.0303. The molecule has 3 heterocycles. The first-order chi connectivity index (χ1) is 22.3. The Bertz CT molecular complexity index is 1710. The number of cyclic esters (lactones) is 1. The highest BCUT2D eigenvalue weighted by Crippen LogP contribution is 2.43. The van der Waals surface area contributed by atoms with Crippen molar-refractivity contribution in [1.82, 2.24) is 14.9 Å². The molecule has 0 saturated carbocycles. The topological polar surface area (TPSA) is 105 Å². The van der Waals surface area contributed by atoms with Gasteiger partial charge >= 0.3 is 24.4 Å². The normalized spacial score (nSPS) is 19.3. The highest BCUT2D eigenvalue weighted by molar-refractivity contribution is 5.77. The molecular formula is C31H28F8N4O5. The number of anilines is 1. The van der Waals surface area contributed by atoms with Crippen LogP contribution in [0.25, 0.3) is 11.1 Å². The number of methoxy groups -OCH3 is 1. The summed E-state index contributed by atoms with van der Waals surface area (Å²) < 4.78 is 120. The lowest BCUT2D eigenvalue weighted by molar-refractivity contribution is -0.143. The van der Waals surface area contributed by atoms with Gasteiger partial charge in [0.25, 0.3) is 5.92 Å². The molecule has 0 aliphatic carbocycles. The largest absolute Gasteiger partial charge is 0.496 e. The van der Waals surface area contributed by atoms with E-state index < -0.39 is 78.8 Å². The second kappa shape index (κ2) is 12.4. The number of carbonyl (C=O) groups is 2. The van der Waals surface area contributed by atoms with Gasteiger partial charge in [0, 0.05) is 17.5 Å². The number of benzene rings is 2. The number of alkyl halides is 8. The van der Waals surface area contributed by atoms with E-state index in [0.717, 1.165) is 4.90 Å². The SMILES string of the molecule is COc1ccc(CCC(=O)O)cc1-c1c(C)nc(N2CC(F)(F)C2)nc1CN1C(=O)O[C@H](c2cc(C(F)(F)F)cc(C(F)(F)F)c2)C1C. The maximum Gasteiger partial charge on any atom is 0.416 e. The number of ether oxygens (including phenoxy) is 2. The van der Waals surface area contributed by atoms with Gasteiger partial charge in [0.05, 0.1) is 55.3 Å². The fourth-order valence-electron chi connectivity index (χ4n) is 5.70. The van der Waals surface area contributed by atoms with Gasteiger partial charge in [-0.25, -0.2) is 23.5 Å². The standard InChI is InChI=1S/C31H28F8N4O5/c1-15-25(21-8-17(5-7-24(44)45)4-6-23(21)47-3)22(41-27(40-15)42-13-29(32,33)14-42)12-43-16(2)26(48-28(43)46)18-9-19(30(34,35)36)11-20(10-18)31(37,38)39/h4,6,8-11,16,26H,5,7,12-14H2,1-3H3,(H,44,45)/t16?,26-/m0/s1. The molecule has 3 aromatic rings. The van der Waals surface area contributed by atoms with Crippen molar-refractivity contribution in [3.05, 3.63) is 70.0 Å². The van der Waals surface area contributed by atoms with Crippen LogP contribution in [0.2, 0.25) is 0 Å². The van der Waals surface area contributed by atoms with E-state index in [9.17, 15) is 44.7 Å². The van der Waals surface area contributed by atoms with Crippen molar-refractivity contribution in [2.24, 2.45) is 0 Å². The van der Waals surface area contributed by atoms with E-state index in [1.54, 1.807) is 25.1 Å². The zero-order valence-corrected chi connectivity index (χ0v) is 25.5. The third-order valence-corrected chi connectivity index (χ3v) is 8.09. The number of hydrogen-bond acceptors (Lipinski definition) is 7. The van der Waals surface area contributed by atoms with Crippen LogP contribution in [0.4, 0.5) is 45.9 Å². The summed E-state index contributed by atoms with van der Waals surface area (Å²) in [5.74, 6) is -3.83. The Labute approximate surface area is 268 Å². The first kappa shape index (κ1) is 34.6. The Balaban J connectivity index is 1.58. The molecular weight excluding hydrogens is 660 g/mol. The van der Waals surface area contributed by atoms with Crippen LogP contribution in [0.1, 0.15) is 53.1 Å². The molecule has 0 spiro atoms. The molecule has 1 N–H and O–H groups in total. The average Bonchev–Trinajstić information content (AvgIpc) is 3.25. The van der Waals surface area contributed by atoms with Crippen molar-refractivity contribution in [2.45, 2.75) is 63.7 Å². The summed E-state index contributed by atoms with van der Waals surface area (Å²) >= 11 is 0. The fourth-order valence-corrected chi connectivity index (χ4v) is 5.70. The Kier molecular flexibility index (Phi) is 8.94. The van der Waals surface area contributed by atoms with Crippen LogP contribution in [0, 0.1) is 6.92 Å². The number of aryl methyl sites for hydroxylation is 2. The Hall–Kier alpha value is -4.70. The summed E-state index contributed by atoms with van der Waals surface area (Å²) in [6.45, 7) is 1.16. The molecule has 9 nitrogen and oxygen atoms in total. The lowest BCUT2D eigenvalue weighted by Gasteiger charge is -2.39. The molecule has 2 aromatic carbocycles. The first-order valence-corrected chi connectivity index (χ1v) is 14.4. The Morgan fingerprint density at radius 1 is 1.04 bits per heavy atom. The van der Waals surface area contributed by atoms with Gasteiger partial charge in [-0.1, -0.05) is 6.07 Å². The predicted octanol–water partition coefficient (Wildman–Crippen LogP) is 7.05. The first-order valence-electron chi connectivity index (χ1n) is 14.4. The van der Waals surface area contributed by atoms with Crippen LogP contribution in [-0.4, -0.2) is 64.2 Å². The van der Waals surface area contributed by atoms with Crippen LogP contribution in [-0.2, 0) is 34.8 Å². The van der Waals surface area contributed by atoms with E-state index in [-0.39, 0.29) is 36.2 Å². The molecule has 0 radical (unpaired) electrons. The van der Waals surface area contributed by atoms with Gasteiger partial charge in [0.1, 0.15) is 11.9 Å². The molecule has 2 saturated heterocycles. The van der Waals surface area contributed by atoms with Crippen molar-refractivity contribution < 1.29 is 59.3 Å². The van der Waals surface area contributed by atoms with Gasteiger partial charge in [-0.3, -0.25) is 9.69 Å². The van der Waals surface area contributed by atoms with Gasteiger partial charge in [0.15, 0.2) is 0 Å². The monoisotopic (exact) mass is 688 g/mol. The quantitative estimate of drug-likeness (QED) is 0.239. The summed E-state index contributed by atoms with van der Waals surface area (Å²) in [5.41, 5.74) is -2.07. The number of aromatic nitrogens is 2. The zero-order valence-electron chi connectivity index (χ0n) is 25.5. The van der Waals surface area contributed by atoms with Crippen molar-refractivity contribution in [1.29, 1.82) is 0 Å². The van der Waals surface area contributed by atoms with Gasteiger partial charge in [-0.15, -0.1) is 0 Å². The van der Waals surface area contributed by atoms with Gasteiger partial charge in [-0.05, 0) is 61.7 Å². The van der Waals surface area contributed by atoms with Gasteiger partial charge < -0.3 is 19.5 Å². The van der Waals surface area contributed by atoms with E-state index in [4.69, 9.17) is 14.6 Å². The molecule has 48 heavy (non-hydrogen) atoms. The van der Waals surface area contributed by atoms with Crippen LogP contribution >= 0.6 is 0 Å². The van der Waals surface area contributed by atoms with Gasteiger partial charge in [-0.2, -0.15) is 26.3 Å².